The van der Waals surface area contributed by atoms with Crippen LogP contribution in [0.3, 0.4) is 0 Å². The molecule has 0 amide bonds. The summed E-state index contributed by atoms with van der Waals surface area (Å²) >= 11 is 1.79. The van der Waals surface area contributed by atoms with Crippen LogP contribution in [0.1, 0.15) is 27.8 Å². The quantitative estimate of drug-likeness (QED) is 0.175. The topological polar surface area (TPSA) is 62.5 Å². The molecule has 4 nitrogen and oxygen atoms in total. The van der Waals surface area contributed by atoms with Crippen molar-refractivity contribution in [2.45, 2.75) is 15.2 Å². The zero-order chi connectivity index (χ0) is 38.6. The summed E-state index contributed by atoms with van der Waals surface area (Å²) in [6.07, 6.45) is 0. The maximum atomic E-state index is 9.57. The largest absolute Gasteiger partial charge is 0.208 e. The first-order chi connectivity index (χ1) is 28.7. The van der Waals surface area contributed by atoms with E-state index in [-0.39, 0.29) is 0 Å². The fourth-order valence-corrected chi connectivity index (χ4v) is 10.2. The smallest absolute Gasteiger partial charge is 0.165 e. The van der Waals surface area contributed by atoms with Crippen molar-refractivity contribution in [3.8, 4) is 73.6 Å². The Kier molecular flexibility index (Phi) is 7.99. The van der Waals surface area contributed by atoms with Gasteiger partial charge in [-0.15, -0.1) is 0 Å². The van der Waals surface area contributed by atoms with E-state index in [2.05, 4.69) is 164 Å². The van der Waals surface area contributed by atoms with Gasteiger partial charge in [-0.05, 0) is 73.8 Å². The van der Waals surface area contributed by atoms with Crippen molar-refractivity contribution in [2.24, 2.45) is 0 Å². The normalized spacial score (nSPS) is 14.5. The lowest BCUT2D eigenvalue weighted by molar-refractivity contribution is 0.723. The van der Waals surface area contributed by atoms with E-state index >= 15 is 0 Å². The van der Waals surface area contributed by atoms with E-state index in [9.17, 15) is 5.26 Å². The number of aromatic nitrogens is 3. The van der Waals surface area contributed by atoms with Gasteiger partial charge < -0.3 is 0 Å². The van der Waals surface area contributed by atoms with Gasteiger partial charge >= 0.3 is 0 Å². The Morgan fingerprint density at radius 2 is 0.879 bits per heavy atom. The summed E-state index contributed by atoms with van der Waals surface area (Å²) in [4.78, 5) is 17.9. The lowest BCUT2D eigenvalue weighted by atomic mass is 9.67. The van der Waals surface area contributed by atoms with Gasteiger partial charge in [-0.3, -0.25) is 0 Å². The third-order valence-electron chi connectivity index (χ3n) is 11.5. The van der Waals surface area contributed by atoms with Crippen molar-refractivity contribution in [3.05, 3.63) is 222 Å². The molecule has 1 aliphatic heterocycles. The van der Waals surface area contributed by atoms with Crippen molar-refractivity contribution in [3.63, 3.8) is 0 Å². The zero-order valence-electron chi connectivity index (χ0n) is 31.2. The van der Waals surface area contributed by atoms with Gasteiger partial charge in [-0.2, -0.15) is 5.26 Å². The molecule has 1 aromatic heterocycles. The summed E-state index contributed by atoms with van der Waals surface area (Å²) in [6, 6.07) is 70.3. The first-order valence-corrected chi connectivity index (χ1v) is 20.1. The number of fused-ring (bicyclic) bond motifs is 9. The van der Waals surface area contributed by atoms with Crippen LogP contribution in [-0.2, 0) is 5.41 Å². The summed E-state index contributed by atoms with van der Waals surface area (Å²) in [5, 5.41) is 9.57. The van der Waals surface area contributed by atoms with Gasteiger partial charge in [-0.1, -0.05) is 188 Å². The Labute approximate surface area is 341 Å². The summed E-state index contributed by atoms with van der Waals surface area (Å²) in [7, 11) is 0. The average molecular weight is 757 g/mol. The number of hydrogen-bond acceptors (Lipinski definition) is 5. The van der Waals surface area contributed by atoms with Crippen LogP contribution in [0.5, 0.6) is 0 Å². The van der Waals surface area contributed by atoms with Crippen molar-refractivity contribution >= 4 is 11.8 Å². The van der Waals surface area contributed by atoms with E-state index in [0.29, 0.717) is 23.0 Å². The third kappa shape index (κ3) is 5.27. The minimum absolute atomic E-state index is 0.604. The molecule has 1 unspecified atom stereocenters. The Hall–Kier alpha value is -7.39. The lowest BCUT2D eigenvalue weighted by Crippen LogP contribution is -2.32. The summed E-state index contributed by atoms with van der Waals surface area (Å²) in [6.45, 7) is 0. The maximum absolute atomic E-state index is 9.57. The highest BCUT2D eigenvalue weighted by molar-refractivity contribution is 7.99. The van der Waals surface area contributed by atoms with Crippen LogP contribution in [0.2, 0.25) is 0 Å². The predicted molar refractivity (Wildman–Crippen MR) is 233 cm³/mol. The molecule has 0 saturated heterocycles. The molecule has 0 saturated carbocycles. The molecule has 1 spiro atoms. The molecule has 1 atom stereocenters. The minimum atomic E-state index is -0.604. The summed E-state index contributed by atoms with van der Waals surface area (Å²) < 4.78 is 0. The first kappa shape index (κ1) is 33.9. The van der Waals surface area contributed by atoms with Gasteiger partial charge in [0.05, 0.1) is 17.0 Å². The third-order valence-corrected chi connectivity index (χ3v) is 12.7. The molecule has 1 aliphatic carbocycles. The second-order valence-electron chi connectivity index (χ2n) is 14.6. The molecule has 2 heterocycles. The summed E-state index contributed by atoms with van der Waals surface area (Å²) in [5.74, 6) is 1.89. The van der Waals surface area contributed by atoms with Crippen LogP contribution in [-0.4, -0.2) is 15.0 Å². The van der Waals surface area contributed by atoms with E-state index in [4.69, 9.17) is 15.0 Å². The monoisotopic (exact) mass is 756 g/mol. The second-order valence-corrected chi connectivity index (χ2v) is 15.7. The molecule has 11 rings (SSSR count). The Morgan fingerprint density at radius 3 is 1.60 bits per heavy atom. The maximum Gasteiger partial charge on any atom is 0.165 e. The van der Waals surface area contributed by atoms with Gasteiger partial charge in [-0.25, -0.2) is 15.0 Å². The molecular formula is C53H32N4S. The van der Waals surface area contributed by atoms with Crippen LogP contribution in [0, 0.1) is 11.3 Å². The highest BCUT2D eigenvalue weighted by Crippen LogP contribution is 2.64. The average Bonchev–Trinajstić information content (AvgIpc) is 3.60. The number of nitriles is 1. The van der Waals surface area contributed by atoms with E-state index in [1.54, 1.807) is 11.8 Å². The highest BCUT2D eigenvalue weighted by Gasteiger charge is 2.51. The van der Waals surface area contributed by atoms with Crippen LogP contribution in [0.15, 0.2) is 204 Å². The van der Waals surface area contributed by atoms with Crippen molar-refractivity contribution in [1.29, 1.82) is 5.26 Å². The number of rotatable bonds is 5. The van der Waals surface area contributed by atoms with E-state index in [0.717, 1.165) is 43.8 Å². The number of hydrogen-bond donors (Lipinski definition) is 0. The van der Waals surface area contributed by atoms with Crippen molar-refractivity contribution in [1.82, 2.24) is 15.0 Å². The molecule has 0 fully saturated rings. The molecule has 0 bridgehead atoms. The molecule has 270 valence electrons. The molecule has 5 heteroatoms. The van der Waals surface area contributed by atoms with E-state index in [1.165, 1.54) is 38.3 Å². The standard InChI is InChI=1S/C53H32N4S/c54-33-34-25-27-37(28-26-34)40-18-11-22-45-48(40)41-17-7-8-20-43(41)53(45)44-21-9-10-24-47(44)58-49-42(19-12-23-46(49)53)52-56-50(38-15-5-2-6-16-38)55-51(57-52)39-31-29-36(30-32-39)35-13-3-1-4-14-35/h1-32H. The molecule has 0 radical (unpaired) electrons. The highest BCUT2D eigenvalue weighted by atomic mass is 32.2. The SMILES string of the molecule is N#Cc1ccc(-c2cccc3c2-c2ccccc2C32c3ccccc3Sc3c(-c4nc(-c5ccccc5)nc(-c5ccc(-c6ccccc6)cc5)n4)cccc32)cc1. The van der Waals surface area contributed by atoms with Gasteiger partial charge in [0, 0.05) is 26.5 Å². The van der Waals surface area contributed by atoms with Crippen LogP contribution >= 0.6 is 11.8 Å². The molecule has 9 aromatic rings. The van der Waals surface area contributed by atoms with Crippen molar-refractivity contribution in [2.75, 3.05) is 0 Å². The van der Waals surface area contributed by atoms with Gasteiger partial charge in [0.15, 0.2) is 17.5 Å². The molecular weight excluding hydrogens is 725 g/mol. The van der Waals surface area contributed by atoms with E-state index in [1.807, 2.05) is 36.4 Å². The molecule has 8 aromatic carbocycles. The predicted octanol–water partition coefficient (Wildman–Crippen LogP) is 12.9. The van der Waals surface area contributed by atoms with Gasteiger partial charge in [0.1, 0.15) is 0 Å². The summed E-state index contributed by atoms with van der Waals surface area (Å²) in [5.41, 5.74) is 14.8. The number of nitrogens with zero attached hydrogens (tertiary/aromatic N) is 4. The fraction of sp³-hybridized carbons (Fsp3) is 0.0189. The van der Waals surface area contributed by atoms with Gasteiger partial charge in [0.2, 0.25) is 0 Å². The Morgan fingerprint density at radius 1 is 0.379 bits per heavy atom. The molecule has 58 heavy (non-hydrogen) atoms. The van der Waals surface area contributed by atoms with E-state index < -0.39 is 5.41 Å². The van der Waals surface area contributed by atoms with Gasteiger partial charge in [0.25, 0.3) is 0 Å². The number of benzene rings is 8. The lowest BCUT2D eigenvalue weighted by Gasteiger charge is -2.40. The minimum Gasteiger partial charge on any atom is -0.208 e. The first-order valence-electron chi connectivity index (χ1n) is 19.3. The van der Waals surface area contributed by atoms with Crippen molar-refractivity contribution < 1.29 is 0 Å². The molecule has 0 N–H and O–H groups in total. The fourth-order valence-electron chi connectivity index (χ4n) is 8.90. The van der Waals surface area contributed by atoms with Crippen LogP contribution < -0.4 is 0 Å². The Bertz CT molecular complexity index is 3080. The van der Waals surface area contributed by atoms with Crippen LogP contribution in [0.25, 0.3) is 67.5 Å². The van der Waals surface area contributed by atoms with Crippen LogP contribution in [0.4, 0.5) is 0 Å². The molecule has 2 aliphatic rings. The Balaban J connectivity index is 1.15. The second kappa shape index (κ2) is 13.7. The zero-order valence-corrected chi connectivity index (χ0v) is 32.0.